The maximum Gasteiger partial charge on any atom is 0.262 e. The summed E-state index contributed by atoms with van der Waals surface area (Å²) in [6, 6.07) is 5.91. The number of rotatable bonds is 2. The summed E-state index contributed by atoms with van der Waals surface area (Å²) in [5.41, 5.74) is 8.04. The van der Waals surface area contributed by atoms with Gasteiger partial charge in [-0.3, -0.25) is 4.79 Å². The Morgan fingerprint density at radius 3 is 2.94 bits per heavy atom. The van der Waals surface area contributed by atoms with E-state index in [4.69, 9.17) is 10.5 Å². The highest BCUT2D eigenvalue weighted by molar-refractivity contribution is 5.95. The Hall–Kier alpha value is -1.55. The van der Waals surface area contributed by atoms with Gasteiger partial charge in [-0.05, 0) is 36.5 Å². The van der Waals surface area contributed by atoms with Gasteiger partial charge in [0, 0.05) is 6.04 Å². The molecular weight excluding hydrogens is 216 g/mol. The van der Waals surface area contributed by atoms with E-state index in [0.29, 0.717) is 5.92 Å². The standard InChI is InChI=1S/C13H16N2O2/c14-13(8-2-1-3-8)9-4-5-11-10(6-9)15-12(16)7-17-11/h4-6,8,13H,1-3,7,14H2,(H,15,16). The Morgan fingerprint density at radius 1 is 1.41 bits per heavy atom. The summed E-state index contributed by atoms with van der Waals surface area (Å²) in [6.07, 6.45) is 3.70. The van der Waals surface area contributed by atoms with E-state index in [2.05, 4.69) is 5.32 Å². The predicted molar refractivity (Wildman–Crippen MR) is 64.8 cm³/mol. The molecule has 0 bridgehead atoms. The third-order valence-electron chi connectivity index (χ3n) is 3.68. The summed E-state index contributed by atoms with van der Waals surface area (Å²) >= 11 is 0. The van der Waals surface area contributed by atoms with Crippen molar-refractivity contribution in [3.63, 3.8) is 0 Å². The summed E-state index contributed by atoms with van der Waals surface area (Å²) in [7, 11) is 0. The van der Waals surface area contributed by atoms with Crippen LogP contribution in [-0.4, -0.2) is 12.5 Å². The number of hydrogen-bond donors (Lipinski definition) is 2. The highest BCUT2D eigenvalue weighted by Gasteiger charge is 2.26. The van der Waals surface area contributed by atoms with Gasteiger partial charge in [0.1, 0.15) is 5.75 Å². The number of nitrogens with one attached hydrogen (secondary N) is 1. The van der Waals surface area contributed by atoms with Gasteiger partial charge >= 0.3 is 0 Å². The lowest BCUT2D eigenvalue weighted by molar-refractivity contribution is -0.118. The first kappa shape index (κ1) is 10.6. The van der Waals surface area contributed by atoms with Crippen molar-refractivity contribution in [3.05, 3.63) is 23.8 Å². The summed E-state index contributed by atoms with van der Waals surface area (Å²) in [4.78, 5) is 11.2. The van der Waals surface area contributed by atoms with Crippen LogP contribution in [0.25, 0.3) is 0 Å². The van der Waals surface area contributed by atoms with Gasteiger partial charge < -0.3 is 15.8 Å². The molecule has 2 aliphatic rings. The molecule has 1 saturated carbocycles. The predicted octanol–water partition coefficient (Wildman–Crippen LogP) is 1.82. The van der Waals surface area contributed by atoms with Crippen LogP contribution >= 0.6 is 0 Å². The van der Waals surface area contributed by atoms with Crippen LogP contribution in [0.5, 0.6) is 5.75 Å². The van der Waals surface area contributed by atoms with Gasteiger partial charge in [-0.1, -0.05) is 12.5 Å². The molecule has 0 radical (unpaired) electrons. The van der Waals surface area contributed by atoms with Crippen molar-refractivity contribution in [2.45, 2.75) is 25.3 Å². The zero-order valence-corrected chi connectivity index (χ0v) is 9.61. The summed E-state index contributed by atoms with van der Waals surface area (Å²) in [5.74, 6) is 1.22. The molecule has 90 valence electrons. The first-order valence-electron chi connectivity index (χ1n) is 6.06. The number of amides is 1. The number of fused-ring (bicyclic) bond motifs is 1. The second-order valence-electron chi connectivity index (χ2n) is 4.81. The lowest BCUT2D eigenvalue weighted by atomic mass is 9.77. The van der Waals surface area contributed by atoms with Gasteiger partial charge in [0.25, 0.3) is 5.91 Å². The zero-order valence-electron chi connectivity index (χ0n) is 9.61. The van der Waals surface area contributed by atoms with Crippen molar-refractivity contribution in [3.8, 4) is 5.75 Å². The average molecular weight is 232 g/mol. The van der Waals surface area contributed by atoms with E-state index >= 15 is 0 Å². The number of nitrogens with two attached hydrogens (primary N) is 1. The second-order valence-corrected chi connectivity index (χ2v) is 4.81. The summed E-state index contributed by atoms with van der Waals surface area (Å²) in [6.45, 7) is 0.0982. The first-order chi connectivity index (χ1) is 8.24. The second kappa shape index (κ2) is 4.04. The summed E-state index contributed by atoms with van der Waals surface area (Å²) < 4.78 is 5.32. The minimum atomic E-state index is -0.105. The maximum atomic E-state index is 11.2. The van der Waals surface area contributed by atoms with E-state index < -0.39 is 0 Å². The Kier molecular flexibility index (Phi) is 2.52. The van der Waals surface area contributed by atoms with Crippen molar-refractivity contribution in [2.75, 3.05) is 11.9 Å². The third kappa shape index (κ3) is 1.89. The van der Waals surface area contributed by atoms with Crippen molar-refractivity contribution in [2.24, 2.45) is 11.7 Å². The molecule has 1 unspecified atom stereocenters. The third-order valence-corrected chi connectivity index (χ3v) is 3.68. The van der Waals surface area contributed by atoms with Crippen LogP contribution in [0.4, 0.5) is 5.69 Å². The van der Waals surface area contributed by atoms with E-state index in [0.717, 1.165) is 17.0 Å². The fourth-order valence-corrected chi connectivity index (χ4v) is 2.38. The minimum absolute atomic E-state index is 0.0767. The van der Waals surface area contributed by atoms with Gasteiger partial charge in [-0.2, -0.15) is 0 Å². The maximum absolute atomic E-state index is 11.2. The molecule has 1 amide bonds. The van der Waals surface area contributed by atoms with Gasteiger partial charge in [0.2, 0.25) is 0 Å². The Balaban J connectivity index is 1.86. The number of carbonyl (C=O) groups is 1. The average Bonchev–Trinajstić information content (AvgIpc) is 2.25. The number of carbonyl (C=O) groups excluding carboxylic acids is 1. The van der Waals surface area contributed by atoms with E-state index in [1.54, 1.807) is 0 Å². The van der Waals surface area contributed by atoms with E-state index in [1.807, 2.05) is 18.2 Å². The fraction of sp³-hybridized carbons (Fsp3) is 0.462. The van der Waals surface area contributed by atoms with E-state index in [-0.39, 0.29) is 18.6 Å². The Labute approximate surface area is 100 Å². The number of hydrogen-bond acceptors (Lipinski definition) is 3. The van der Waals surface area contributed by atoms with E-state index in [9.17, 15) is 4.79 Å². The van der Waals surface area contributed by atoms with Crippen LogP contribution in [0.15, 0.2) is 18.2 Å². The monoisotopic (exact) mass is 232 g/mol. The molecule has 1 aromatic rings. The van der Waals surface area contributed by atoms with Crippen LogP contribution < -0.4 is 15.8 Å². The molecular formula is C13H16N2O2. The number of benzene rings is 1. The summed E-state index contributed by atoms with van der Waals surface area (Å²) in [5, 5.41) is 2.81. The van der Waals surface area contributed by atoms with Gasteiger partial charge in [0.15, 0.2) is 6.61 Å². The first-order valence-corrected chi connectivity index (χ1v) is 6.06. The lowest BCUT2D eigenvalue weighted by Crippen LogP contribution is -2.28. The molecule has 1 aliphatic carbocycles. The van der Waals surface area contributed by atoms with Gasteiger partial charge in [-0.15, -0.1) is 0 Å². The molecule has 1 heterocycles. The molecule has 3 rings (SSSR count). The quantitative estimate of drug-likeness (QED) is 0.817. The van der Waals surface area contributed by atoms with Crippen LogP contribution in [-0.2, 0) is 4.79 Å². The van der Waals surface area contributed by atoms with Crippen LogP contribution in [0.2, 0.25) is 0 Å². The molecule has 0 spiro atoms. The molecule has 0 aromatic heterocycles. The lowest BCUT2D eigenvalue weighted by Gasteiger charge is -2.32. The highest BCUT2D eigenvalue weighted by Crippen LogP contribution is 2.38. The van der Waals surface area contributed by atoms with Crippen molar-refractivity contribution < 1.29 is 9.53 Å². The largest absolute Gasteiger partial charge is 0.482 e. The van der Waals surface area contributed by atoms with E-state index in [1.165, 1.54) is 19.3 Å². The van der Waals surface area contributed by atoms with Crippen LogP contribution in [0.1, 0.15) is 30.9 Å². The minimum Gasteiger partial charge on any atom is -0.482 e. The van der Waals surface area contributed by atoms with Crippen molar-refractivity contribution >= 4 is 11.6 Å². The fourth-order valence-electron chi connectivity index (χ4n) is 2.38. The molecule has 4 nitrogen and oxygen atoms in total. The molecule has 1 atom stereocenters. The molecule has 0 saturated heterocycles. The molecule has 17 heavy (non-hydrogen) atoms. The Bertz CT molecular complexity index is 455. The molecule has 3 N–H and O–H groups in total. The molecule has 1 fully saturated rings. The topological polar surface area (TPSA) is 64.3 Å². The van der Waals surface area contributed by atoms with Crippen LogP contribution in [0.3, 0.4) is 0 Å². The van der Waals surface area contributed by atoms with Crippen molar-refractivity contribution in [1.82, 2.24) is 0 Å². The SMILES string of the molecule is NC(c1ccc2c(c1)NC(=O)CO2)C1CCC1. The highest BCUT2D eigenvalue weighted by atomic mass is 16.5. The Morgan fingerprint density at radius 2 is 2.24 bits per heavy atom. The van der Waals surface area contributed by atoms with Gasteiger partial charge in [-0.25, -0.2) is 0 Å². The zero-order chi connectivity index (χ0) is 11.8. The molecule has 4 heteroatoms. The van der Waals surface area contributed by atoms with Gasteiger partial charge in [0.05, 0.1) is 5.69 Å². The van der Waals surface area contributed by atoms with Crippen molar-refractivity contribution in [1.29, 1.82) is 0 Å². The normalized spacial score (nSPS) is 20.9. The molecule has 1 aliphatic heterocycles. The molecule has 1 aromatic carbocycles. The number of ether oxygens (including phenoxy) is 1. The number of anilines is 1. The smallest absolute Gasteiger partial charge is 0.262 e. The van der Waals surface area contributed by atoms with Crippen LogP contribution in [0, 0.1) is 5.92 Å².